The van der Waals surface area contributed by atoms with Crippen molar-refractivity contribution >= 4 is 0 Å². The van der Waals surface area contributed by atoms with E-state index in [0.717, 1.165) is 5.69 Å². The van der Waals surface area contributed by atoms with Crippen molar-refractivity contribution in [1.82, 2.24) is 9.97 Å². The van der Waals surface area contributed by atoms with Crippen molar-refractivity contribution < 1.29 is 5.11 Å². The minimum absolute atomic E-state index is 0.189. The zero-order valence-electron chi connectivity index (χ0n) is 7.94. The highest BCUT2D eigenvalue weighted by Crippen LogP contribution is 2.14. The number of aliphatic hydroxyl groups is 1. The molecule has 1 heterocycles. The summed E-state index contributed by atoms with van der Waals surface area (Å²) in [6.45, 7) is 4.27. The van der Waals surface area contributed by atoms with Crippen LogP contribution in [0.2, 0.25) is 0 Å². The lowest BCUT2D eigenvalue weighted by Crippen LogP contribution is -2.13. The molecule has 0 fully saturated rings. The first-order valence-corrected chi connectivity index (χ1v) is 4.35. The topological polar surface area (TPSA) is 72.0 Å². The summed E-state index contributed by atoms with van der Waals surface area (Å²) < 4.78 is 0. The number of nitrogens with zero attached hydrogens (tertiary/aromatic N) is 2. The van der Waals surface area contributed by atoms with E-state index in [-0.39, 0.29) is 6.54 Å². The van der Waals surface area contributed by atoms with Gasteiger partial charge in [0, 0.05) is 12.2 Å². The number of hydrogen-bond donors (Lipinski definition) is 2. The molecule has 0 saturated carbocycles. The van der Waals surface area contributed by atoms with Gasteiger partial charge in [0.1, 0.15) is 12.4 Å². The Morgan fingerprint density at radius 1 is 1.38 bits per heavy atom. The lowest BCUT2D eigenvalue weighted by Gasteiger charge is -2.09. The summed E-state index contributed by atoms with van der Waals surface area (Å²) >= 11 is 0. The Labute approximate surface area is 77.8 Å². The average molecular weight is 181 g/mol. The first-order valence-electron chi connectivity index (χ1n) is 4.35. The van der Waals surface area contributed by atoms with Gasteiger partial charge in [-0.25, -0.2) is 9.97 Å². The van der Waals surface area contributed by atoms with E-state index in [4.69, 9.17) is 5.73 Å². The van der Waals surface area contributed by atoms with E-state index < -0.39 is 6.10 Å². The predicted octanol–water partition coefficient (Wildman–Crippen LogP) is 0.592. The zero-order chi connectivity index (χ0) is 9.84. The Morgan fingerprint density at radius 3 is 2.54 bits per heavy atom. The summed E-state index contributed by atoms with van der Waals surface area (Å²) in [5.74, 6) is 0.340. The quantitative estimate of drug-likeness (QED) is 0.716. The molecule has 0 bridgehead atoms. The van der Waals surface area contributed by atoms with Crippen LogP contribution in [0, 0.1) is 0 Å². The number of rotatable bonds is 3. The van der Waals surface area contributed by atoms with Crippen LogP contribution in [-0.4, -0.2) is 21.6 Å². The van der Waals surface area contributed by atoms with Crippen molar-refractivity contribution in [3.63, 3.8) is 0 Å². The number of aliphatic hydroxyl groups excluding tert-OH is 1. The Balaban J connectivity index is 2.91. The van der Waals surface area contributed by atoms with Crippen LogP contribution in [0.25, 0.3) is 0 Å². The normalized spacial score (nSPS) is 13.3. The van der Waals surface area contributed by atoms with Crippen molar-refractivity contribution in [2.24, 2.45) is 5.73 Å². The Morgan fingerprint density at radius 2 is 2.00 bits per heavy atom. The summed E-state index contributed by atoms with van der Waals surface area (Å²) in [6.07, 6.45) is 0.782. The van der Waals surface area contributed by atoms with Gasteiger partial charge in [-0.15, -0.1) is 0 Å². The fourth-order valence-corrected chi connectivity index (χ4v) is 1.01. The van der Waals surface area contributed by atoms with E-state index in [0.29, 0.717) is 11.6 Å². The summed E-state index contributed by atoms with van der Waals surface area (Å²) in [5.41, 5.74) is 6.85. The van der Waals surface area contributed by atoms with Crippen molar-refractivity contribution in [3.05, 3.63) is 23.8 Å². The van der Waals surface area contributed by atoms with Crippen molar-refractivity contribution in [2.75, 3.05) is 6.54 Å². The maximum atomic E-state index is 9.42. The van der Waals surface area contributed by atoms with Crippen LogP contribution in [0.15, 0.2) is 12.4 Å². The monoisotopic (exact) mass is 181 g/mol. The number of hydrogen-bond acceptors (Lipinski definition) is 4. The zero-order valence-corrected chi connectivity index (χ0v) is 7.94. The largest absolute Gasteiger partial charge is 0.385 e. The molecule has 0 spiro atoms. The molecule has 3 N–H and O–H groups in total. The maximum absolute atomic E-state index is 9.42. The summed E-state index contributed by atoms with van der Waals surface area (Å²) in [4.78, 5) is 8.04. The predicted molar refractivity (Wildman–Crippen MR) is 50.1 cm³/mol. The second-order valence-corrected chi connectivity index (χ2v) is 3.27. The molecule has 0 aliphatic rings. The fourth-order valence-electron chi connectivity index (χ4n) is 1.01. The first-order chi connectivity index (χ1) is 6.15. The molecule has 4 heteroatoms. The van der Waals surface area contributed by atoms with Crippen LogP contribution < -0.4 is 5.73 Å². The smallest absolute Gasteiger partial charge is 0.116 e. The maximum Gasteiger partial charge on any atom is 0.116 e. The summed E-state index contributed by atoms with van der Waals surface area (Å²) in [6, 6.07) is 1.79. The Kier molecular flexibility index (Phi) is 3.33. The van der Waals surface area contributed by atoms with E-state index in [1.54, 1.807) is 6.07 Å². The molecular weight excluding hydrogens is 166 g/mol. The molecule has 0 amide bonds. The lowest BCUT2D eigenvalue weighted by atomic mass is 10.1. The van der Waals surface area contributed by atoms with Gasteiger partial charge >= 0.3 is 0 Å². The van der Waals surface area contributed by atoms with Gasteiger partial charge in [-0.05, 0) is 12.0 Å². The molecule has 0 aliphatic carbocycles. The molecule has 0 radical (unpaired) electrons. The highest BCUT2D eigenvalue weighted by Gasteiger charge is 2.09. The molecule has 1 rings (SSSR count). The number of aromatic nitrogens is 2. The minimum atomic E-state index is -0.680. The second-order valence-electron chi connectivity index (χ2n) is 3.27. The standard InChI is InChI=1S/C9H15N3O/c1-6(2)7-3-8(9(13)4-10)12-5-11-7/h3,5-6,9,13H,4,10H2,1-2H3. The molecule has 1 unspecified atom stereocenters. The van der Waals surface area contributed by atoms with Crippen LogP contribution in [0.3, 0.4) is 0 Å². The van der Waals surface area contributed by atoms with E-state index in [1.165, 1.54) is 6.33 Å². The molecule has 0 aromatic carbocycles. The summed E-state index contributed by atoms with van der Waals surface area (Å²) in [7, 11) is 0. The van der Waals surface area contributed by atoms with E-state index >= 15 is 0 Å². The minimum Gasteiger partial charge on any atom is -0.385 e. The fraction of sp³-hybridized carbons (Fsp3) is 0.556. The van der Waals surface area contributed by atoms with Crippen LogP contribution in [0.5, 0.6) is 0 Å². The molecule has 1 aromatic heterocycles. The van der Waals surface area contributed by atoms with E-state index in [9.17, 15) is 5.11 Å². The van der Waals surface area contributed by atoms with Crippen molar-refractivity contribution in [3.8, 4) is 0 Å². The van der Waals surface area contributed by atoms with Gasteiger partial charge in [0.25, 0.3) is 0 Å². The first kappa shape index (κ1) is 10.1. The summed E-state index contributed by atoms with van der Waals surface area (Å²) in [5, 5.41) is 9.42. The van der Waals surface area contributed by atoms with Gasteiger partial charge in [-0.1, -0.05) is 13.8 Å². The molecule has 4 nitrogen and oxygen atoms in total. The highest BCUT2D eigenvalue weighted by atomic mass is 16.3. The van der Waals surface area contributed by atoms with Crippen molar-refractivity contribution in [1.29, 1.82) is 0 Å². The van der Waals surface area contributed by atoms with Gasteiger partial charge in [0.15, 0.2) is 0 Å². The van der Waals surface area contributed by atoms with Crippen LogP contribution in [0.4, 0.5) is 0 Å². The highest BCUT2D eigenvalue weighted by molar-refractivity contribution is 5.13. The molecular formula is C9H15N3O. The molecule has 1 aromatic rings. The molecule has 1 atom stereocenters. The van der Waals surface area contributed by atoms with Crippen LogP contribution in [-0.2, 0) is 0 Å². The van der Waals surface area contributed by atoms with Crippen LogP contribution >= 0.6 is 0 Å². The van der Waals surface area contributed by atoms with Crippen LogP contribution in [0.1, 0.15) is 37.3 Å². The second kappa shape index (κ2) is 4.30. The Bertz CT molecular complexity index is 275. The van der Waals surface area contributed by atoms with Gasteiger partial charge < -0.3 is 10.8 Å². The van der Waals surface area contributed by atoms with Gasteiger partial charge in [0.2, 0.25) is 0 Å². The SMILES string of the molecule is CC(C)c1cc(C(O)CN)ncn1. The van der Waals surface area contributed by atoms with Gasteiger partial charge in [0.05, 0.1) is 5.69 Å². The molecule has 0 aliphatic heterocycles. The third kappa shape index (κ3) is 2.47. The van der Waals surface area contributed by atoms with E-state index in [2.05, 4.69) is 9.97 Å². The Hall–Kier alpha value is -1.00. The lowest BCUT2D eigenvalue weighted by molar-refractivity contribution is 0.181. The van der Waals surface area contributed by atoms with Gasteiger partial charge in [-0.3, -0.25) is 0 Å². The molecule has 72 valence electrons. The molecule has 13 heavy (non-hydrogen) atoms. The van der Waals surface area contributed by atoms with Crippen molar-refractivity contribution in [2.45, 2.75) is 25.9 Å². The van der Waals surface area contributed by atoms with Gasteiger partial charge in [-0.2, -0.15) is 0 Å². The third-order valence-electron chi connectivity index (χ3n) is 1.87. The molecule has 0 saturated heterocycles. The number of nitrogens with two attached hydrogens (primary N) is 1. The third-order valence-corrected chi connectivity index (χ3v) is 1.87. The van der Waals surface area contributed by atoms with E-state index in [1.807, 2.05) is 13.8 Å². The average Bonchev–Trinajstić information content (AvgIpc) is 2.17.